The zero-order valence-corrected chi connectivity index (χ0v) is 11.5. The van der Waals surface area contributed by atoms with Gasteiger partial charge < -0.3 is 14.7 Å². The number of rotatable bonds is 4. The summed E-state index contributed by atoms with van der Waals surface area (Å²) in [5.74, 6) is 0.526. The fourth-order valence-electron chi connectivity index (χ4n) is 2.66. The lowest BCUT2D eigenvalue weighted by atomic mass is 10.0. The summed E-state index contributed by atoms with van der Waals surface area (Å²) in [6, 6.07) is 7.64. The number of benzene rings is 1. The summed E-state index contributed by atoms with van der Waals surface area (Å²) >= 11 is 0. The zero-order valence-electron chi connectivity index (χ0n) is 11.5. The normalized spacial score (nSPS) is 20.3. The van der Waals surface area contributed by atoms with Gasteiger partial charge in [-0.3, -0.25) is 0 Å². The summed E-state index contributed by atoms with van der Waals surface area (Å²) in [7, 11) is 1.72. The van der Waals surface area contributed by atoms with Crippen molar-refractivity contribution in [3.05, 3.63) is 29.3 Å². The number of hydrogen-bond donors (Lipinski definition) is 1. The van der Waals surface area contributed by atoms with Gasteiger partial charge in [0, 0.05) is 37.4 Å². The first-order chi connectivity index (χ1) is 9.15. The van der Waals surface area contributed by atoms with Crippen LogP contribution in [0.25, 0.3) is 0 Å². The van der Waals surface area contributed by atoms with Gasteiger partial charge in [-0.15, -0.1) is 0 Å². The highest BCUT2D eigenvalue weighted by Crippen LogP contribution is 2.31. The molecule has 2 rings (SSSR count). The van der Waals surface area contributed by atoms with Gasteiger partial charge in [-0.2, -0.15) is 5.26 Å². The van der Waals surface area contributed by atoms with Crippen molar-refractivity contribution in [3.63, 3.8) is 0 Å². The number of aliphatic hydroxyl groups excluding tert-OH is 1. The van der Waals surface area contributed by atoms with Crippen LogP contribution >= 0.6 is 0 Å². The monoisotopic (exact) mass is 260 g/mol. The van der Waals surface area contributed by atoms with E-state index in [4.69, 9.17) is 10.00 Å². The third-order valence-corrected chi connectivity index (χ3v) is 3.64. The van der Waals surface area contributed by atoms with Crippen molar-refractivity contribution < 1.29 is 9.84 Å². The molecule has 1 fully saturated rings. The van der Waals surface area contributed by atoms with Crippen LogP contribution in [0.3, 0.4) is 0 Å². The van der Waals surface area contributed by atoms with E-state index < -0.39 is 6.10 Å². The summed E-state index contributed by atoms with van der Waals surface area (Å²) in [6.45, 7) is 4.39. The summed E-state index contributed by atoms with van der Waals surface area (Å²) in [4.78, 5) is 2.24. The van der Waals surface area contributed by atoms with Gasteiger partial charge >= 0.3 is 0 Å². The highest BCUT2D eigenvalue weighted by Gasteiger charge is 2.25. The predicted molar refractivity (Wildman–Crippen MR) is 74.0 cm³/mol. The van der Waals surface area contributed by atoms with E-state index in [1.807, 2.05) is 12.1 Å². The number of aliphatic hydroxyl groups is 1. The Morgan fingerprint density at radius 3 is 3.00 bits per heavy atom. The van der Waals surface area contributed by atoms with Gasteiger partial charge in [0.15, 0.2) is 0 Å². The lowest BCUT2D eigenvalue weighted by molar-refractivity contribution is 0.161. The van der Waals surface area contributed by atoms with Crippen molar-refractivity contribution in [1.29, 1.82) is 5.26 Å². The predicted octanol–water partition coefficient (Wildman–Crippen LogP) is 2.08. The van der Waals surface area contributed by atoms with Gasteiger partial charge in [-0.1, -0.05) is 6.07 Å². The molecule has 2 atom stereocenters. The second-order valence-corrected chi connectivity index (χ2v) is 5.12. The molecule has 1 N–H and O–H groups in total. The molecule has 1 heterocycles. The standard InChI is InChI=1S/C15H20N2O2/c1-11(18)14-4-3-12(8-16)7-15(14)17-6-5-13(9-17)10-19-2/h3-4,7,11,13,18H,5-6,9-10H2,1-2H3. The molecule has 1 aliphatic rings. The van der Waals surface area contributed by atoms with E-state index in [0.29, 0.717) is 11.5 Å². The molecule has 4 heteroatoms. The first-order valence-electron chi connectivity index (χ1n) is 6.61. The van der Waals surface area contributed by atoms with Crippen molar-refractivity contribution in [1.82, 2.24) is 0 Å². The van der Waals surface area contributed by atoms with Crippen molar-refractivity contribution in [2.45, 2.75) is 19.4 Å². The molecule has 0 saturated carbocycles. The Hall–Kier alpha value is -1.57. The Bertz CT molecular complexity index is 480. The van der Waals surface area contributed by atoms with Crippen molar-refractivity contribution >= 4 is 5.69 Å². The molecule has 0 aliphatic carbocycles. The maximum Gasteiger partial charge on any atom is 0.0992 e. The summed E-state index contributed by atoms with van der Waals surface area (Å²) in [6.07, 6.45) is 0.563. The molecular formula is C15H20N2O2. The minimum absolute atomic E-state index is 0.524. The maximum atomic E-state index is 9.86. The largest absolute Gasteiger partial charge is 0.389 e. The van der Waals surface area contributed by atoms with E-state index >= 15 is 0 Å². The second-order valence-electron chi connectivity index (χ2n) is 5.12. The van der Waals surface area contributed by atoms with E-state index in [-0.39, 0.29) is 0 Å². The van der Waals surface area contributed by atoms with Crippen LogP contribution in [0.2, 0.25) is 0 Å². The Morgan fingerprint density at radius 2 is 2.37 bits per heavy atom. The van der Waals surface area contributed by atoms with Crippen LogP contribution < -0.4 is 4.90 Å². The molecule has 4 nitrogen and oxygen atoms in total. The highest BCUT2D eigenvalue weighted by atomic mass is 16.5. The summed E-state index contributed by atoms with van der Waals surface area (Å²) in [5, 5.41) is 18.9. The number of methoxy groups -OCH3 is 1. The van der Waals surface area contributed by atoms with Crippen molar-refractivity contribution in [3.8, 4) is 6.07 Å². The molecular weight excluding hydrogens is 240 g/mol. The maximum absolute atomic E-state index is 9.86. The SMILES string of the molecule is COCC1CCN(c2cc(C#N)ccc2C(C)O)C1. The number of nitrogens with zero attached hydrogens (tertiary/aromatic N) is 2. The van der Waals surface area contributed by atoms with E-state index in [9.17, 15) is 5.11 Å². The molecule has 1 saturated heterocycles. The average Bonchev–Trinajstić information content (AvgIpc) is 2.87. The van der Waals surface area contributed by atoms with Gasteiger partial charge in [-0.05, 0) is 25.5 Å². The Morgan fingerprint density at radius 1 is 1.58 bits per heavy atom. The Kier molecular flexibility index (Phi) is 4.41. The molecule has 1 aromatic rings. The molecule has 102 valence electrons. The lowest BCUT2D eigenvalue weighted by Gasteiger charge is -2.23. The second kappa shape index (κ2) is 6.05. The van der Waals surface area contributed by atoms with Crippen LogP contribution in [0, 0.1) is 17.2 Å². The molecule has 0 aromatic heterocycles. The number of nitriles is 1. The molecule has 0 amide bonds. The van der Waals surface area contributed by atoms with E-state index in [2.05, 4.69) is 11.0 Å². The van der Waals surface area contributed by atoms with E-state index in [1.165, 1.54) is 0 Å². The summed E-state index contributed by atoms with van der Waals surface area (Å²) in [5.41, 5.74) is 2.50. The fourth-order valence-corrected chi connectivity index (χ4v) is 2.66. The third-order valence-electron chi connectivity index (χ3n) is 3.64. The Labute approximate surface area is 114 Å². The first-order valence-corrected chi connectivity index (χ1v) is 6.61. The quantitative estimate of drug-likeness (QED) is 0.900. The number of ether oxygens (including phenoxy) is 1. The van der Waals surface area contributed by atoms with Gasteiger partial charge in [0.05, 0.1) is 24.3 Å². The van der Waals surface area contributed by atoms with Crippen LogP contribution in [0.4, 0.5) is 5.69 Å². The fraction of sp³-hybridized carbons (Fsp3) is 0.533. The Balaban J connectivity index is 2.25. The molecule has 0 spiro atoms. The van der Waals surface area contributed by atoms with Crippen LogP contribution in [0.15, 0.2) is 18.2 Å². The highest BCUT2D eigenvalue weighted by molar-refractivity contribution is 5.59. The number of hydrogen-bond acceptors (Lipinski definition) is 4. The van der Waals surface area contributed by atoms with Crippen LogP contribution in [-0.4, -0.2) is 31.9 Å². The minimum Gasteiger partial charge on any atom is -0.389 e. The molecule has 1 aromatic carbocycles. The van der Waals surface area contributed by atoms with Gasteiger partial charge in [0.1, 0.15) is 0 Å². The van der Waals surface area contributed by atoms with Crippen molar-refractivity contribution in [2.75, 3.05) is 31.7 Å². The van der Waals surface area contributed by atoms with Gasteiger partial charge in [-0.25, -0.2) is 0 Å². The smallest absolute Gasteiger partial charge is 0.0992 e. The van der Waals surface area contributed by atoms with Crippen molar-refractivity contribution in [2.24, 2.45) is 5.92 Å². The third kappa shape index (κ3) is 3.06. The van der Waals surface area contributed by atoms with Crippen LogP contribution in [-0.2, 0) is 4.74 Å². The molecule has 1 aliphatic heterocycles. The van der Waals surface area contributed by atoms with Gasteiger partial charge in [0.2, 0.25) is 0 Å². The molecule has 2 unspecified atom stereocenters. The lowest BCUT2D eigenvalue weighted by Crippen LogP contribution is -2.22. The van der Waals surface area contributed by atoms with E-state index in [1.54, 1.807) is 20.1 Å². The first kappa shape index (κ1) is 13.9. The average molecular weight is 260 g/mol. The molecule has 19 heavy (non-hydrogen) atoms. The van der Waals surface area contributed by atoms with Crippen LogP contribution in [0.5, 0.6) is 0 Å². The van der Waals surface area contributed by atoms with E-state index in [0.717, 1.165) is 37.4 Å². The zero-order chi connectivity index (χ0) is 13.8. The minimum atomic E-state index is -0.524. The number of anilines is 1. The van der Waals surface area contributed by atoms with Crippen LogP contribution in [0.1, 0.15) is 30.6 Å². The molecule has 0 bridgehead atoms. The molecule has 0 radical (unpaired) electrons. The topological polar surface area (TPSA) is 56.5 Å². The summed E-state index contributed by atoms with van der Waals surface area (Å²) < 4.78 is 5.20. The van der Waals surface area contributed by atoms with Gasteiger partial charge in [0.25, 0.3) is 0 Å².